The van der Waals surface area contributed by atoms with Gasteiger partial charge in [-0.2, -0.15) is 10.2 Å². The third kappa shape index (κ3) is 3.42. The number of nitro groups is 1. The van der Waals surface area contributed by atoms with Crippen LogP contribution in [0.1, 0.15) is 17.1 Å². The van der Waals surface area contributed by atoms with Crippen LogP contribution in [0.5, 0.6) is 0 Å². The standard InChI is InChI=1S/C16H15N5O3/c17-11-14-16(20-9-7-18-8-10-20)24-15(19-14)6-3-12-1-4-13(5-2-12)21(22)23/h1-6,18H,7-10H2/b6-3+. The number of nitrogens with zero attached hydrogens (tertiary/aromatic N) is 4. The Kier molecular flexibility index (Phi) is 4.54. The molecule has 1 aromatic carbocycles. The van der Waals surface area contributed by atoms with Gasteiger partial charge in [-0.1, -0.05) is 0 Å². The molecule has 2 aromatic rings. The second-order valence-electron chi connectivity index (χ2n) is 5.24. The molecule has 0 radical (unpaired) electrons. The molecule has 2 heterocycles. The number of hydrogen-bond acceptors (Lipinski definition) is 7. The molecule has 1 saturated heterocycles. The van der Waals surface area contributed by atoms with Gasteiger partial charge >= 0.3 is 0 Å². The molecule has 1 aliphatic rings. The molecular weight excluding hydrogens is 310 g/mol. The lowest BCUT2D eigenvalue weighted by atomic mass is 10.2. The van der Waals surface area contributed by atoms with E-state index in [2.05, 4.69) is 16.4 Å². The third-order valence-corrected chi connectivity index (χ3v) is 3.66. The first-order valence-electron chi connectivity index (χ1n) is 7.46. The van der Waals surface area contributed by atoms with Crippen LogP contribution in [0.4, 0.5) is 11.6 Å². The van der Waals surface area contributed by atoms with Crippen LogP contribution in [-0.2, 0) is 0 Å². The number of rotatable bonds is 4. The molecule has 3 rings (SSSR count). The number of nitrogens with one attached hydrogen (secondary N) is 1. The number of aromatic nitrogens is 1. The highest BCUT2D eigenvalue weighted by molar-refractivity contribution is 5.67. The van der Waals surface area contributed by atoms with Crippen LogP contribution in [-0.4, -0.2) is 36.1 Å². The first-order valence-corrected chi connectivity index (χ1v) is 7.46. The highest BCUT2D eigenvalue weighted by Crippen LogP contribution is 2.23. The van der Waals surface area contributed by atoms with Gasteiger partial charge in [0, 0.05) is 44.4 Å². The summed E-state index contributed by atoms with van der Waals surface area (Å²) in [6, 6.07) is 8.20. The quantitative estimate of drug-likeness (QED) is 0.676. The SMILES string of the molecule is N#Cc1nc(/C=C/c2ccc([N+](=O)[O-])cc2)oc1N1CCNCC1. The Labute approximate surface area is 138 Å². The van der Waals surface area contributed by atoms with Crippen molar-refractivity contribution < 1.29 is 9.34 Å². The Morgan fingerprint density at radius 2 is 2.00 bits per heavy atom. The lowest BCUT2D eigenvalue weighted by molar-refractivity contribution is -0.384. The second kappa shape index (κ2) is 6.93. The Balaban J connectivity index is 1.78. The summed E-state index contributed by atoms with van der Waals surface area (Å²) in [5.41, 5.74) is 1.08. The van der Waals surface area contributed by atoms with Gasteiger partial charge in [0.15, 0.2) is 0 Å². The molecule has 8 heteroatoms. The summed E-state index contributed by atoms with van der Waals surface area (Å²) in [4.78, 5) is 16.4. The number of hydrogen-bond donors (Lipinski definition) is 1. The minimum atomic E-state index is -0.444. The van der Waals surface area contributed by atoms with E-state index in [1.165, 1.54) is 12.1 Å². The second-order valence-corrected chi connectivity index (χ2v) is 5.24. The van der Waals surface area contributed by atoms with Crippen LogP contribution in [0, 0.1) is 21.4 Å². The average Bonchev–Trinajstić information content (AvgIpc) is 3.04. The van der Waals surface area contributed by atoms with Crippen LogP contribution in [0.15, 0.2) is 28.7 Å². The third-order valence-electron chi connectivity index (χ3n) is 3.66. The van der Waals surface area contributed by atoms with Gasteiger partial charge in [0.25, 0.3) is 5.69 Å². The van der Waals surface area contributed by atoms with Crippen molar-refractivity contribution in [2.24, 2.45) is 0 Å². The molecule has 1 aromatic heterocycles. The van der Waals surface area contributed by atoms with Gasteiger partial charge in [-0.3, -0.25) is 10.1 Å². The largest absolute Gasteiger partial charge is 0.420 e. The van der Waals surface area contributed by atoms with Crippen LogP contribution >= 0.6 is 0 Å². The smallest absolute Gasteiger partial charge is 0.269 e. The van der Waals surface area contributed by atoms with Gasteiger partial charge in [-0.15, -0.1) is 0 Å². The summed E-state index contributed by atoms with van der Waals surface area (Å²) in [6.45, 7) is 3.18. The zero-order chi connectivity index (χ0) is 16.9. The first-order chi connectivity index (χ1) is 11.7. The van der Waals surface area contributed by atoms with Crippen molar-refractivity contribution in [2.75, 3.05) is 31.1 Å². The molecule has 0 saturated carbocycles. The van der Waals surface area contributed by atoms with E-state index < -0.39 is 4.92 Å². The van der Waals surface area contributed by atoms with Crippen molar-refractivity contribution >= 4 is 23.7 Å². The van der Waals surface area contributed by atoms with E-state index in [0.29, 0.717) is 11.8 Å². The lowest BCUT2D eigenvalue weighted by Crippen LogP contribution is -2.43. The van der Waals surface area contributed by atoms with Crippen LogP contribution in [0.2, 0.25) is 0 Å². The summed E-state index contributed by atoms with van der Waals surface area (Å²) in [7, 11) is 0. The molecule has 0 atom stereocenters. The highest BCUT2D eigenvalue weighted by atomic mass is 16.6. The molecule has 1 N–H and O–H groups in total. The molecule has 0 aliphatic carbocycles. The van der Waals surface area contributed by atoms with E-state index in [1.807, 2.05) is 4.90 Å². The van der Waals surface area contributed by atoms with E-state index in [-0.39, 0.29) is 11.4 Å². The van der Waals surface area contributed by atoms with Crippen molar-refractivity contribution in [3.63, 3.8) is 0 Å². The van der Waals surface area contributed by atoms with E-state index in [0.717, 1.165) is 31.7 Å². The van der Waals surface area contributed by atoms with Crippen molar-refractivity contribution in [3.8, 4) is 6.07 Å². The summed E-state index contributed by atoms with van der Waals surface area (Å²) >= 11 is 0. The fourth-order valence-electron chi connectivity index (χ4n) is 2.43. The molecule has 0 unspecified atom stereocenters. The normalized spacial score (nSPS) is 14.7. The van der Waals surface area contributed by atoms with Gasteiger partial charge in [0.2, 0.25) is 17.5 Å². The average molecular weight is 325 g/mol. The molecule has 24 heavy (non-hydrogen) atoms. The molecular formula is C16H15N5O3. The van der Waals surface area contributed by atoms with E-state index in [1.54, 1.807) is 24.3 Å². The van der Waals surface area contributed by atoms with Gasteiger partial charge < -0.3 is 14.6 Å². The number of benzene rings is 1. The molecule has 122 valence electrons. The van der Waals surface area contributed by atoms with Crippen LogP contribution < -0.4 is 10.2 Å². The molecule has 0 spiro atoms. The summed E-state index contributed by atoms with van der Waals surface area (Å²) in [6.07, 6.45) is 3.38. The topological polar surface area (TPSA) is 108 Å². The molecule has 1 aliphatic heterocycles. The fraction of sp³-hybridized carbons (Fsp3) is 0.250. The number of piperazine rings is 1. The zero-order valence-corrected chi connectivity index (χ0v) is 12.8. The highest BCUT2D eigenvalue weighted by Gasteiger charge is 2.20. The number of non-ortho nitro benzene ring substituents is 1. The van der Waals surface area contributed by atoms with Crippen LogP contribution in [0.25, 0.3) is 12.2 Å². The minimum Gasteiger partial charge on any atom is -0.420 e. The molecule has 1 fully saturated rings. The number of nitriles is 1. The molecule has 0 amide bonds. The Morgan fingerprint density at radius 3 is 2.62 bits per heavy atom. The minimum absolute atomic E-state index is 0.0380. The zero-order valence-electron chi connectivity index (χ0n) is 12.8. The monoisotopic (exact) mass is 325 g/mol. The lowest BCUT2D eigenvalue weighted by Gasteiger charge is -2.26. The van der Waals surface area contributed by atoms with Gasteiger partial charge in [-0.25, -0.2) is 0 Å². The van der Waals surface area contributed by atoms with E-state index >= 15 is 0 Å². The number of anilines is 1. The Hall–Kier alpha value is -3.18. The van der Waals surface area contributed by atoms with Gasteiger partial charge in [0.05, 0.1) is 4.92 Å². The van der Waals surface area contributed by atoms with Crippen molar-refractivity contribution in [1.82, 2.24) is 10.3 Å². The summed E-state index contributed by atoms with van der Waals surface area (Å²) in [5, 5.41) is 23.1. The Bertz CT molecular complexity index is 798. The molecule has 0 bridgehead atoms. The molecule has 8 nitrogen and oxygen atoms in total. The van der Waals surface area contributed by atoms with Crippen molar-refractivity contribution in [3.05, 3.63) is 51.5 Å². The predicted molar refractivity (Wildman–Crippen MR) is 88.3 cm³/mol. The first kappa shape index (κ1) is 15.7. The van der Waals surface area contributed by atoms with Gasteiger partial charge in [-0.05, 0) is 23.8 Å². The fourth-order valence-corrected chi connectivity index (χ4v) is 2.43. The van der Waals surface area contributed by atoms with E-state index in [4.69, 9.17) is 4.42 Å². The summed E-state index contributed by atoms with van der Waals surface area (Å²) in [5.74, 6) is 0.820. The van der Waals surface area contributed by atoms with E-state index in [9.17, 15) is 15.4 Å². The van der Waals surface area contributed by atoms with Gasteiger partial charge in [0.1, 0.15) is 6.07 Å². The summed E-state index contributed by atoms with van der Waals surface area (Å²) < 4.78 is 5.70. The van der Waals surface area contributed by atoms with Crippen molar-refractivity contribution in [1.29, 1.82) is 5.26 Å². The van der Waals surface area contributed by atoms with Crippen molar-refractivity contribution in [2.45, 2.75) is 0 Å². The predicted octanol–water partition coefficient (Wildman–Crippen LogP) is 2.03. The Morgan fingerprint density at radius 1 is 1.29 bits per heavy atom. The maximum Gasteiger partial charge on any atom is 0.269 e. The maximum absolute atomic E-state index is 10.6. The number of oxazole rings is 1. The van der Waals surface area contributed by atoms with Crippen LogP contribution in [0.3, 0.4) is 0 Å². The maximum atomic E-state index is 10.6. The number of nitro benzene ring substituents is 1.